The highest BCUT2D eigenvalue weighted by Crippen LogP contribution is 2.48. The second kappa shape index (κ2) is 6.02. The van der Waals surface area contributed by atoms with Crippen molar-refractivity contribution < 1.29 is 14.2 Å². The second-order valence-corrected chi connectivity index (χ2v) is 7.13. The van der Waals surface area contributed by atoms with Gasteiger partial charge in [0.15, 0.2) is 11.5 Å². The van der Waals surface area contributed by atoms with Crippen LogP contribution >= 0.6 is 0 Å². The number of hydrogen-bond acceptors (Lipinski definition) is 5. The molecule has 5 heteroatoms. The minimum atomic E-state index is -0.310. The molecular weight excluding hydrogens is 352 g/mol. The van der Waals surface area contributed by atoms with E-state index in [0.717, 1.165) is 40.5 Å². The fraction of sp³-hybridized carbons (Fsp3) is 0.174. The summed E-state index contributed by atoms with van der Waals surface area (Å²) < 4.78 is 17.4. The van der Waals surface area contributed by atoms with E-state index in [1.54, 1.807) is 0 Å². The van der Waals surface area contributed by atoms with Crippen LogP contribution in [0.4, 0.5) is 0 Å². The highest BCUT2D eigenvalue weighted by atomic mass is 16.7. The zero-order valence-electron chi connectivity index (χ0n) is 15.1. The minimum Gasteiger partial charge on any atom is -0.464 e. The third-order valence-electron chi connectivity index (χ3n) is 5.49. The smallest absolute Gasteiger partial charge is 0.231 e. The standard InChI is InChI=1S/C23H18N2O3/c1-2-6-15(7-3-1)18-13-19-17-8-4-5-9-20(17)28-23(25(19)24-18)16-10-11-21-22(12-16)27-14-26-21/h1-12,19,23H,13-14H2/t19-,23+/m1/s1. The molecule has 3 aliphatic heterocycles. The molecule has 0 spiro atoms. The van der Waals surface area contributed by atoms with Crippen LogP contribution < -0.4 is 14.2 Å². The van der Waals surface area contributed by atoms with Gasteiger partial charge in [0, 0.05) is 17.5 Å². The maximum absolute atomic E-state index is 6.40. The Kier molecular flexibility index (Phi) is 3.35. The Labute approximate surface area is 162 Å². The number of benzene rings is 3. The van der Waals surface area contributed by atoms with Crippen molar-refractivity contribution in [3.63, 3.8) is 0 Å². The topological polar surface area (TPSA) is 43.3 Å². The SMILES string of the molecule is c1ccc(C2=NN3[C@H](C2)c2ccccc2O[C@H]3c2ccc3c(c2)OCO3)cc1. The summed E-state index contributed by atoms with van der Waals surface area (Å²) in [5.74, 6) is 2.44. The number of rotatable bonds is 2. The van der Waals surface area contributed by atoms with E-state index in [2.05, 4.69) is 41.4 Å². The number of hydrogen-bond donors (Lipinski definition) is 0. The number of fused-ring (bicyclic) bond motifs is 4. The molecule has 0 amide bonds. The molecule has 3 heterocycles. The summed E-state index contributed by atoms with van der Waals surface area (Å²) in [4.78, 5) is 0. The van der Waals surface area contributed by atoms with E-state index >= 15 is 0 Å². The van der Waals surface area contributed by atoms with Crippen molar-refractivity contribution in [2.45, 2.75) is 18.7 Å². The zero-order valence-corrected chi connectivity index (χ0v) is 15.1. The van der Waals surface area contributed by atoms with E-state index < -0.39 is 0 Å². The Balaban J connectivity index is 1.45. The Morgan fingerprint density at radius 3 is 2.57 bits per heavy atom. The Hall–Kier alpha value is -3.47. The van der Waals surface area contributed by atoms with E-state index in [1.165, 1.54) is 5.56 Å². The summed E-state index contributed by atoms with van der Waals surface area (Å²) >= 11 is 0. The van der Waals surface area contributed by atoms with E-state index in [0.29, 0.717) is 0 Å². The summed E-state index contributed by atoms with van der Waals surface area (Å²) in [5.41, 5.74) is 4.41. The maximum atomic E-state index is 6.40. The van der Waals surface area contributed by atoms with Gasteiger partial charge in [-0.05, 0) is 29.8 Å². The fourth-order valence-electron chi connectivity index (χ4n) is 4.13. The number of hydrazone groups is 1. The first-order valence-corrected chi connectivity index (χ1v) is 9.43. The molecule has 0 aliphatic carbocycles. The van der Waals surface area contributed by atoms with Crippen LogP contribution in [0.25, 0.3) is 0 Å². The minimum absolute atomic E-state index is 0.149. The van der Waals surface area contributed by atoms with Crippen molar-refractivity contribution >= 4 is 5.71 Å². The molecule has 0 fully saturated rings. The molecule has 2 atom stereocenters. The van der Waals surface area contributed by atoms with Crippen LogP contribution in [0.15, 0.2) is 77.9 Å². The highest BCUT2D eigenvalue weighted by molar-refractivity contribution is 6.01. The third kappa shape index (κ3) is 2.36. The van der Waals surface area contributed by atoms with Gasteiger partial charge in [0.2, 0.25) is 13.0 Å². The van der Waals surface area contributed by atoms with Gasteiger partial charge in [-0.15, -0.1) is 0 Å². The fourth-order valence-corrected chi connectivity index (χ4v) is 4.13. The molecule has 0 bridgehead atoms. The molecule has 138 valence electrons. The van der Waals surface area contributed by atoms with Crippen molar-refractivity contribution in [2.24, 2.45) is 5.10 Å². The average Bonchev–Trinajstić information content (AvgIpc) is 3.40. The van der Waals surface area contributed by atoms with Crippen LogP contribution in [0.5, 0.6) is 17.2 Å². The Morgan fingerprint density at radius 1 is 0.821 bits per heavy atom. The van der Waals surface area contributed by atoms with Gasteiger partial charge in [0.1, 0.15) is 5.75 Å². The summed E-state index contributed by atoms with van der Waals surface area (Å²) in [6.07, 6.45) is 0.543. The first-order chi connectivity index (χ1) is 13.9. The molecule has 0 aromatic heterocycles. The normalized spacial score (nSPS) is 21.6. The highest BCUT2D eigenvalue weighted by Gasteiger charge is 2.41. The second-order valence-electron chi connectivity index (χ2n) is 7.13. The quantitative estimate of drug-likeness (QED) is 0.658. The molecule has 0 saturated heterocycles. The summed E-state index contributed by atoms with van der Waals surface area (Å²) in [5, 5.41) is 7.07. The number of para-hydroxylation sites is 1. The number of ether oxygens (including phenoxy) is 3. The van der Waals surface area contributed by atoms with Crippen LogP contribution in [0, 0.1) is 0 Å². The molecule has 3 aromatic rings. The first kappa shape index (κ1) is 15.6. The van der Waals surface area contributed by atoms with E-state index in [9.17, 15) is 0 Å². The van der Waals surface area contributed by atoms with Crippen molar-refractivity contribution in [2.75, 3.05) is 6.79 Å². The average molecular weight is 370 g/mol. The van der Waals surface area contributed by atoms with Gasteiger partial charge in [-0.25, -0.2) is 5.01 Å². The van der Waals surface area contributed by atoms with Crippen LogP contribution in [-0.2, 0) is 0 Å². The van der Waals surface area contributed by atoms with Crippen LogP contribution in [0.3, 0.4) is 0 Å². The molecule has 3 aromatic carbocycles. The molecule has 0 unspecified atom stereocenters. The number of nitrogens with zero attached hydrogens (tertiary/aromatic N) is 2. The van der Waals surface area contributed by atoms with Crippen molar-refractivity contribution in [3.8, 4) is 17.2 Å². The largest absolute Gasteiger partial charge is 0.464 e. The van der Waals surface area contributed by atoms with Crippen molar-refractivity contribution in [3.05, 3.63) is 89.5 Å². The monoisotopic (exact) mass is 370 g/mol. The summed E-state index contributed by atoms with van der Waals surface area (Å²) in [6.45, 7) is 0.260. The van der Waals surface area contributed by atoms with Crippen molar-refractivity contribution in [1.82, 2.24) is 5.01 Å². The maximum Gasteiger partial charge on any atom is 0.231 e. The summed E-state index contributed by atoms with van der Waals surface area (Å²) in [6, 6.07) is 24.7. The Bertz CT molecular complexity index is 1080. The van der Waals surface area contributed by atoms with Gasteiger partial charge >= 0.3 is 0 Å². The molecule has 5 nitrogen and oxygen atoms in total. The lowest BCUT2D eigenvalue weighted by atomic mass is 9.96. The first-order valence-electron chi connectivity index (χ1n) is 9.43. The van der Waals surface area contributed by atoms with Crippen LogP contribution in [0.2, 0.25) is 0 Å². The molecule has 3 aliphatic rings. The lowest BCUT2D eigenvalue weighted by Gasteiger charge is -2.38. The van der Waals surface area contributed by atoms with Gasteiger partial charge in [-0.2, -0.15) is 5.10 Å². The van der Waals surface area contributed by atoms with E-state index in [4.69, 9.17) is 19.3 Å². The van der Waals surface area contributed by atoms with Gasteiger partial charge in [-0.1, -0.05) is 48.5 Å². The molecule has 0 N–H and O–H groups in total. The van der Waals surface area contributed by atoms with Gasteiger partial charge < -0.3 is 14.2 Å². The van der Waals surface area contributed by atoms with E-state index in [-0.39, 0.29) is 19.1 Å². The molecule has 0 saturated carbocycles. The molecule has 6 rings (SSSR count). The van der Waals surface area contributed by atoms with Crippen LogP contribution in [-0.4, -0.2) is 17.5 Å². The van der Waals surface area contributed by atoms with E-state index in [1.807, 2.05) is 36.4 Å². The summed E-state index contributed by atoms with van der Waals surface area (Å²) in [7, 11) is 0. The Morgan fingerprint density at radius 2 is 1.64 bits per heavy atom. The predicted octanol–water partition coefficient (Wildman–Crippen LogP) is 4.66. The lowest BCUT2D eigenvalue weighted by molar-refractivity contribution is -0.0191. The van der Waals surface area contributed by atoms with Gasteiger partial charge in [-0.3, -0.25) is 0 Å². The third-order valence-corrected chi connectivity index (χ3v) is 5.49. The molecule has 0 radical (unpaired) electrons. The molecular formula is C23H18N2O3. The lowest BCUT2D eigenvalue weighted by Crippen LogP contribution is -2.33. The zero-order chi connectivity index (χ0) is 18.5. The molecule has 28 heavy (non-hydrogen) atoms. The van der Waals surface area contributed by atoms with Gasteiger partial charge in [0.25, 0.3) is 0 Å². The van der Waals surface area contributed by atoms with Crippen LogP contribution in [0.1, 0.15) is 35.4 Å². The van der Waals surface area contributed by atoms with Crippen molar-refractivity contribution in [1.29, 1.82) is 0 Å². The predicted molar refractivity (Wildman–Crippen MR) is 105 cm³/mol. The van der Waals surface area contributed by atoms with Gasteiger partial charge in [0.05, 0.1) is 11.8 Å².